The highest BCUT2D eigenvalue weighted by molar-refractivity contribution is 6.11. The second-order valence-corrected chi connectivity index (χ2v) is 7.66. The number of nitrogens with one attached hydrogen (secondary N) is 3. The van der Waals surface area contributed by atoms with Crippen molar-refractivity contribution in [3.05, 3.63) is 69.2 Å². The van der Waals surface area contributed by atoms with Crippen LogP contribution in [0.5, 0.6) is 0 Å². The van der Waals surface area contributed by atoms with E-state index in [0.717, 1.165) is 18.4 Å². The number of rotatable bonds is 5. The fraction of sp³-hybridized carbons (Fsp3) is 0.350. The minimum Gasteiger partial charge on any atom is -0.402 e. The van der Waals surface area contributed by atoms with Crippen LogP contribution in [0.25, 0.3) is 0 Å². The maximum atomic E-state index is 14.0. The Hall–Kier alpha value is -2.96. The zero-order chi connectivity index (χ0) is 19.6. The summed E-state index contributed by atoms with van der Waals surface area (Å²) in [4.78, 5) is 18.1. The van der Waals surface area contributed by atoms with Crippen molar-refractivity contribution in [1.82, 2.24) is 9.97 Å². The van der Waals surface area contributed by atoms with Gasteiger partial charge in [0.05, 0.1) is 5.71 Å². The molecule has 7 heteroatoms. The lowest BCUT2D eigenvalue weighted by Crippen LogP contribution is -2.25. The van der Waals surface area contributed by atoms with E-state index in [-0.39, 0.29) is 29.0 Å². The van der Waals surface area contributed by atoms with Gasteiger partial charge in [-0.15, -0.1) is 0 Å². The number of anilines is 1. The summed E-state index contributed by atoms with van der Waals surface area (Å²) in [7, 11) is 0. The van der Waals surface area contributed by atoms with Crippen LogP contribution >= 0.6 is 0 Å². The van der Waals surface area contributed by atoms with Gasteiger partial charge in [0.25, 0.3) is 5.56 Å². The molecule has 142 valence electrons. The molecule has 2 heterocycles. The van der Waals surface area contributed by atoms with Gasteiger partial charge in [-0.2, -0.15) is 4.39 Å². The molecule has 3 rings (SSSR count). The first-order valence-corrected chi connectivity index (χ1v) is 8.90. The molecule has 0 saturated carbocycles. The van der Waals surface area contributed by atoms with Gasteiger partial charge in [-0.1, -0.05) is 19.9 Å². The SMILES string of the molecule is CC1(C)CCC(C(=N)c2cc(F)nc(NCc3ccc[nH]c3=O)c2)=C(N)C1. The predicted octanol–water partition coefficient (Wildman–Crippen LogP) is 3.31. The minimum absolute atomic E-state index is 0.118. The number of H-pyrrole nitrogens is 1. The molecule has 27 heavy (non-hydrogen) atoms. The normalized spacial score (nSPS) is 16.3. The van der Waals surface area contributed by atoms with E-state index in [2.05, 4.69) is 29.1 Å². The quantitative estimate of drug-likeness (QED) is 0.479. The highest BCUT2D eigenvalue weighted by Crippen LogP contribution is 2.37. The van der Waals surface area contributed by atoms with Gasteiger partial charge in [-0.3, -0.25) is 10.2 Å². The molecule has 0 aromatic carbocycles. The minimum atomic E-state index is -0.683. The van der Waals surface area contributed by atoms with Crippen LogP contribution in [0.2, 0.25) is 0 Å². The number of hydrogen-bond donors (Lipinski definition) is 4. The van der Waals surface area contributed by atoms with E-state index in [1.54, 1.807) is 24.4 Å². The monoisotopic (exact) mass is 369 g/mol. The number of aromatic nitrogens is 2. The van der Waals surface area contributed by atoms with Gasteiger partial charge in [-0.05, 0) is 42.4 Å². The van der Waals surface area contributed by atoms with Crippen LogP contribution in [0, 0.1) is 16.8 Å². The third kappa shape index (κ3) is 4.42. The summed E-state index contributed by atoms with van der Waals surface area (Å²) in [6.45, 7) is 4.51. The molecule has 0 saturated heterocycles. The third-order valence-corrected chi connectivity index (χ3v) is 4.85. The standard InChI is InChI=1S/C20H24FN5O/c1-20(2)6-5-14(15(22)10-20)18(23)13-8-16(21)26-17(9-13)25-11-12-4-3-7-24-19(12)27/h3-4,7-9,23H,5-6,10-11,22H2,1-2H3,(H,24,27)(H,25,26). The van der Waals surface area contributed by atoms with Crippen molar-refractivity contribution >= 4 is 11.5 Å². The van der Waals surface area contributed by atoms with Crippen LogP contribution in [0.4, 0.5) is 10.2 Å². The number of halogens is 1. The number of pyridine rings is 2. The van der Waals surface area contributed by atoms with Crippen molar-refractivity contribution in [2.24, 2.45) is 11.1 Å². The largest absolute Gasteiger partial charge is 0.402 e. The molecule has 0 atom stereocenters. The van der Waals surface area contributed by atoms with E-state index in [1.165, 1.54) is 6.07 Å². The fourth-order valence-corrected chi connectivity index (χ4v) is 3.31. The van der Waals surface area contributed by atoms with E-state index in [0.29, 0.717) is 23.2 Å². The molecule has 0 bridgehead atoms. The number of aromatic amines is 1. The van der Waals surface area contributed by atoms with Crippen LogP contribution < -0.4 is 16.6 Å². The fourth-order valence-electron chi connectivity index (χ4n) is 3.31. The van der Waals surface area contributed by atoms with Crippen molar-refractivity contribution in [3.63, 3.8) is 0 Å². The van der Waals surface area contributed by atoms with Crippen molar-refractivity contribution in [2.75, 3.05) is 5.32 Å². The van der Waals surface area contributed by atoms with Crippen LogP contribution in [0.1, 0.15) is 44.2 Å². The summed E-state index contributed by atoms with van der Waals surface area (Å²) < 4.78 is 14.0. The molecular weight excluding hydrogens is 345 g/mol. The molecule has 0 amide bonds. The van der Waals surface area contributed by atoms with Crippen LogP contribution in [-0.2, 0) is 6.54 Å². The summed E-state index contributed by atoms with van der Waals surface area (Å²) in [5.74, 6) is -0.412. The Morgan fingerprint density at radius 2 is 2.22 bits per heavy atom. The lowest BCUT2D eigenvalue weighted by Gasteiger charge is -2.31. The Balaban J connectivity index is 1.82. The van der Waals surface area contributed by atoms with E-state index in [1.807, 2.05) is 0 Å². The number of nitrogens with two attached hydrogens (primary N) is 1. The van der Waals surface area contributed by atoms with Gasteiger partial charge in [-0.25, -0.2) is 4.98 Å². The number of allylic oxidation sites excluding steroid dienone is 2. The van der Waals surface area contributed by atoms with Crippen molar-refractivity contribution in [1.29, 1.82) is 5.41 Å². The van der Waals surface area contributed by atoms with Gasteiger partial charge in [0.2, 0.25) is 5.95 Å². The number of hydrogen-bond acceptors (Lipinski definition) is 5. The average molecular weight is 369 g/mol. The van der Waals surface area contributed by atoms with Crippen molar-refractivity contribution in [2.45, 2.75) is 39.7 Å². The van der Waals surface area contributed by atoms with Crippen LogP contribution in [0.3, 0.4) is 0 Å². The van der Waals surface area contributed by atoms with E-state index >= 15 is 0 Å². The summed E-state index contributed by atoms with van der Waals surface area (Å²) in [6, 6.07) is 6.26. The van der Waals surface area contributed by atoms with E-state index in [4.69, 9.17) is 11.1 Å². The van der Waals surface area contributed by atoms with Gasteiger partial charge in [0.15, 0.2) is 0 Å². The summed E-state index contributed by atoms with van der Waals surface area (Å²) in [5, 5.41) is 11.4. The zero-order valence-electron chi connectivity index (χ0n) is 15.5. The molecule has 5 N–H and O–H groups in total. The molecule has 2 aromatic rings. The van der Waals surface area contributed by atoms with Gasteiger partial charge < -0.3 is 16.0 Å². The Morgan fingerprint density at radius 3 is 2.93 bits per heavy atom. The second kappa shape index (κ2) is 7.34. The number of nitrogens with zero attached hydrogens (tertiary/aromatic N) is 1. The molecular formula is C20H24FN5O. The maximum absolute atomic E-state index is 14.0. The molecule has 0 fully saturated rings. The van der Waals surface area contributed by atoms with E-state index < -0.39 is 5.95 Å². The van der Waals surface area contributed by atoms with Gasteiger partial charge in [0.1, 0.15) is 5.82 Å². The Morgan fingerprint density at radius 1 is 1.44 bits per heavy atom. The molecule has 0 spiro atoms. The average Bonchev–Trinajstić information content (AvgIpc) is 2.59. The molecule has 2 aromatic heterocycles. The maximum Gasteiger partial charge on any atom is 0.252 e. The molecule has 0 aliphatic heterocycles. The summed E-state index contributed by atoms with van der Waals surface area (Å²) in [6.07, 6.45) is 3.90. The van der Waals surface area contributed by atoms with Crippen LogP contribution in [-0.4, -0.2) is 15.7 Å². The van der Waals surface area contributed by atoms with Gasteiger partial charge >= 0.3 is 0 Å². The highest BCUT2D eigenvalue weighted by Gasteiger charge is 2.28. The summed E-state index contributed by atoms with van der Waals surface area (Å²) >= 11 is 0. The molecule has 1 aliphatic rings. The first-order valence-electron chi connectivity index (χ1n) is 8.90. The predicted molar refractivity (Wildman–Crippen MR) is 104 cm³/mol. The molecule has 6 nitrogen and oxygen atoms in total. The van der Waals surface area contributed by atoms with Crippen molar-refractivity contribution < 1.29 is 4.39 Å². The van der Waals surface area contributed by atoms with Crippen LogP contribution in [0.15, 0.2) is 46.5 Å². The lowest BCUT2D eigenvalue weighted by atomic mass is 9.75. The highest BCUT2D eigenvalue weighted by atomic mass is 19.1. The Labute approximate surface area is 157 Å². The Bertz CT molecular complexity index is 961. The third-order valence-electron chi connectivity index (χ3n) is 4.85. The molecule has 0 unspecified atom stereocenters. The molecule has 1 aliphatic carbocycles. The zero-order valence-corrected chi connectivity index (χ0v) is 15.5. The summed E-state index contributed by atoms with van der Waals surface area (Å²) in [5.41, 5.74) is 8.73. The second-order valence-electron chi connectivity index (χ2n) is 7.66. The first kappa shape index (κ1) is 18.8. The molecule has 0 radical (unpaired) electrons. The lowest BCUT2D eigenvalue weighted by molar-refractivity contribution is 0.315. The topological polar surface area (TPSA) is 108 Å². The first-order chi connectivity index (χ1) is 12.7. The Kier molecular flexibility index (Phi) is 5.12. The van der Waals surface area contributed by atoms with Crippen molar-refractivity contribution in [3.8, 4) is 0 Å². The smallest absolute Gasteiger partial charge is 0.252 e. The van der Waals surface area contributed by atoms with Gasteiger partial charge in [0, 0.05) is 35.6 Å². The van der Waals surface area contributed by atoms with E-state index in [9.17, 15) is 9.18 Å².